The molecule has 1 atom stereocenters. The summed E-state index contributed by atoms with van der Waals surface area (Å²) in [7, 11) is 1.51. The first-order valence-corrected chi connectivity index (χ1v) is 12.1. The van der Waals surface area contributed by atoms with E-state index in [1.165, 1.54) is 123 Å². The quantitative estimate of drug-likeness (QED) is 0.203. The summed E-state index contributed by atoms with van der Waals surface area (Å²) in [6.07, 6.45) is 23.8. The minimum Gasteiger partial charge on any atom is -0.469 e. The van der Waals surface area contributed by atoms with Gasteiger partial charge in [-0.2, -0.15) is 0 Å². The van der Waals surface area contributed by atoms with Gasteiger partial charge in [0.2, 0.25) is 0 Å². The van der Waals surface area contributed by atoms with Gasteiger partial charge in [-0.25, -0.2) is 0 Å². The van der Waals surface area contributed by atoms with Crippen LogP contribution in [0.1, 0.15) is 122 Å². The molecule has 0 bridgehead atoms. The normalized spacial score (nSPS) is 16.4. The van der Waals surface area contributed by atoms with Gasteiger partial charge < -0.3 is 4.74 Å². The van der Waals surface area contributed by atoms with E-state index < -0.39 is 0 Å². The molecule has 1 heterocycles. The summed E-state index contributed by atoms with van der Waals surface area (Å²) in [6.45, 7) is 4.62. The lowest BCUT2D eigenvalue weighted by Gasteiger charge is -2.34. The predicted octanol–water partition coefficient (Wildman–Crippen LogP) is 6.89. The van der Waals surface area contributed by atoms with Crippen molar-refractivity contribution in [2.75, 3.05) is 20.2 Å². The van der Waals surface area contributed by atoms with Gasteiger partial charge in [-0.05, 0) is 32.4 Å². The molecule has 160 valence electrons. The minimum absolute atomic E-state index is 0.0414. The SMILES string of the molecule is CCCCCCCCCCCCCCCC(CC(=O)OC)N1CCCCC1. The van der Waals surface area contributed by atoms with Crippen molar-refractivity contribution in [2.45, 2.75) is 129 Å². The van der Waals surface area contributed by atoms with Crippen molar-refractivity contribution in [3.05, 3.63) is 0 Å². The fourth-order valence-corrected chi connectivity index (χ4v) is 4.37. The second kappa shape index (κ2) is 17.5. The molecule has 1 aliphatic heterocycles. The molecule has 1 aliphatic rings. The standard InChI is InChI=1S/C24H47NO2/c1-3-4-5-6-7-8-9-10-11-12-13-14-16-19-23(22-24(26)27-2)25-20-17-15-18-21-25/h23H,3-22H2,1-2H3. The highest BCUT2D eigenvalue weighted by Gasteiger charge is 2.23. The fraction of sp³-hybridized carbons (Fsp3) is 0.958. The van der Waals surface area contributed by atoms with E-state index in [0.717, 1.165) is 6.42 Å². The van der Waals surface area contributed by atoms with E-state index in [-0.39, 0.29) is 5.97 Å². The van der Waals surface area contributed by atoms with Gasteiger partial charge in [-0.3, -0.25) is 9.69 Å². The van der Waals surface area contributed by atoms with Crippen LogP contribution in [0.2, 0.25) is 0 Å². The smallest absolute Gasteiger partial charge is 0.307 e. The molecule has 0 aromatic carbocycles. The Balaban J connectivity index is 1.99. The molecule has 0 radical (unpaired) electrons. The van der Waals surface area contributed by atoms with E-state index in [0.29, 0.717) is 12.5 Å². The fourth-order valence-electron chi connectivity index (χ4n) is 4.37. The first kappa shape index (κ1) is 24.5. The molecular formula is C24H47NO2. The molecule has 1 rings (SSSR count). The lowest BCUT2D eigenvalue weighted by atomic mass is 9.99. The van der Waals surface area contributed by atoms with Gasteiger partial charge in [-0.1, -0.05) is 96.8 Å². The summed E-state index contributed by atoms with van der Waals surface area (Å²) >= 11 is 0. The van der Waals surface area contributed by atoms with Crippen molar-refractivity contribution in [3.8, 4) is 0 Å². The topological polar surface area (TPSA) is 29.5 Å². The Morgan fingerprint density at radius 1 is 0.778 bits per heavy atom. The molecule has 0 amide bonds. The molecule has 1 unspecified atom stereocenters. The largest absolute Gasteiger partial charge is 0.469 e. The van der Waals surface area contributed by atoms with Crippen molar-refractivity contribution in [2.24, 2.45) is 0 Å². The molecule has 0 saturated carbocycles. The first-order valence-electron chi connectivity index (χ1n) is 12.1. The summed E-state index contributed by atoms with van der Waals surface area (Å²) in [4.78, 5) is 14.3. The zero-order valence-corrected chi connectivity index (χ0v) is 18.5. The third kappa shape index (κ3) is 13.3. The molecule has 1 fully saturated rings. The number of carbonyl (C=O) groups excluding carboxylic acids is 1. The van der Waals surface area contributed by atoms with E-state index in [1.54, 1.807) is 0 Å². The molecule has 27 heavy (non-hydrogen) atoms. The molecule has 0 spiro atoms. The molecule has 0 N–H and O–H groups in total. The highest BCUT2D eigenvalue weighted by atomic mass is 16.5. The number of esters is 1. The number of unbranched alkanes of at least 4 members (excludes halogenated alkanes) is 12. The van der Waals surface area contributed by atoms with Crippen molar-refractivity contribution in [3.63, 3.8) is 0 Å². The lowest BCUT2D eigenvalue weighted by Crippen LogP contribution is -2.40. The Kier molecular flexibility index (Phi) is 15.9. The number of ether oxygens (including phenoxy) is 1. The van der Waals surface area contributed by atoms with Crippen LogP contribution in [0.15, 0.2) is 0 Å². The Bertz CT molecular complexity index is 339. The predicted molar refractivity (Wildman–Crippen MR) is 116 cm³/mol. The summed E-state index contributed by atoms with van der Waals surface area (Å²) in [6, 6.07) is 0.408. The third-order valence-corrected chi connectivity index (χ3v) is 6.18. The van der Waals surface area contributed by atoms with Crippen LogP contribution in [-0.4, -0.2) is 37.1 Å². The van der Waals surface area contributed by atoms with Crippen molar-refractivity contribution in [1.82, 2.24) is 4.90 Å². The van der Waals surface area contributed by atoms with Crippen molar-refractivity contribution >= 4 is 5.97 Å². The average molecular weight is 382 g/mol. The van der Waals surface area contributed by atoms with Gasteiger partial charge in [0, 0.05) is 6.04 Å². The summed E-state index contributed by atoms with van der Waals surface area (Å²) in [5.41, 5.74) is 0. The molecular weight excluding hydrogens is 334 g/mol. The van der Waals surface area contributed by atoms with Gasteiger partial charge in [-0.15, -0.1) is 0 Å². The van der Waals surface area contributed by atoms with Crippen molar-refractivity contribution in [1.29, 1.82) is 0 Å². The lowest BCUT2D eigenvalue weighted by molar-refractivity contribution is -0.142. The Morgan fingerprint density at radius 2 is 1.26 bits per heavy atom. The Labute approximate surface area is 169 Å². The maximum atomic E-state index is 11.7. The minimum atomic E-state index is -0.0414. The molecule has 3 nitrogen and oxygen atoms in total. The second-order valence-corrected chi connectivity index (χ2v) is 8.56. The van der Waals surface area contributed by atoms with Crippen LogP contribution < -0.4 is 0 Å². The number of methoxy groups -OCH3 is 1. The molecule has 3 heteroatoms. The number of rotatable bonds is 17. The molecule has 1 saturated heterocycles. The van der Waals surface area contributed by atoms with Gasteiger partial charge in [0.05, 0.1) is 13.5 Å². The number of hydrogen-bond acceptors (Lipinski definition) is 3. The van der Waals surface area contributed by atoms with Crippen LogP contribution in [0, 0.1) is 0 Å². The maximum absolute atomic E-state index is 11.7. The second-order valence-electron chi connectivity index (χ2n) is 8.56. The Morgan fingerprint density at radius 3 is 1.74 bits per heavy atom. The highest BCUT2D eigenvalue weighted by molar-refractivity contribution is 5.69. The molecule has 0 aliphatic carbocycles. The van der Waals surface area contributed by atoms with Crippen LogP contribution >= 0.6 is 0 Å². The van der Waals surface area contributed by atoms with Gasteiger partial charge in [0.15, 0.2) is 0 Å². The van der Waals surface area contributed by atoms with Crippen molar-refractivity contribution < 1.29 is 9.53 Å². The molecule has 0 aromatic rings. The number of likely N-dealkylation sites (tertiary alicyclic amines) is 1. The zero-order valence-electron chi connectivity index (χ0n) is 18.5. The molecule has 0 aromatic heterocycles. The van der Waals surface area contributed by atoms with E-state index >= 15 is 0 Å². The van der Waals surface area contributed by atoms with Gasteiger partial charge in [0.1, 0.15) is 0 Å². The summed E-state index contributed by atoms with van der Waals surface area (Å²) in [5, 5.41) is 0. The number of nitrogens with zero attached hydrogens (tertiary/aromatic N) is 1. The van der Waals surface area contributed by atoms with E-state index in [2.05, 4.69) is 11.8 Å². The maximum Gasteiger partial charge on any atom is 0.307 e. The zero-order chi connectivity index (χ0) is 19.6. The summed E-state index contributed by atoms with van der Waals surface area (Å²) in [5.74, 6) is -0.0414. The van der Waals surface area contributed by atoms with Crippen LogP contribution in [0.4, 0.5) is 0 Å². The summed E-state index contributed by atoms with van der Waals surface area (Å²) < 4.78 is 4.92. The Hall–Kier alpha value is -0.570. The van der Waals surface area contributed by atoms with Crippen LogP contribution in [0.5, 0.6) is 0 Å². The van der Waals surface area contributed by atoms with Gasteiger partial charge >= 0.3 is 5.97 Å². The number of carbonyl (C=O) groups is 1. The highest BCUT2D eigenvalue weighted by Crippen LogP contribution is 2.20. The van der Waals surface area contributed by atoms with Crippen LogP contribution in [-0.2, 0) is 9.53 Å². The number of piperidine rings is 1. The van der Waals surface area contributed by atoms with Gasteiger partial charge in [0.25, 0.3) is 0 Å². The van der Waals surface area contributed by atoms with Crippen LogP contribution in [0.3, 0.4) is 0 Å². The average Bonchev–Trinajstić information content (AvgIpc) is 2.71. The van der Waals surface area contributed by atoms with E-state index in [9.17, 15) is 4.79 Å². The van der Waals surface area contributed by atoms with E-state index in [4.69, 9.17) is 4.74 Å². The first-order chi connectivity index (χ1) is 13.3. The van der Waals surface area contributed by atoms with E-state index in [1.807, 2.05) is 0 Å². The monoisotopic (exact) mass is 381 g/mol. The van der Waals surface area contributed by atoms with Crippen LogP contribution in [0.25, 0.3) is 0 Å². The number of hydrogen-bond donors (Lipinski definition) is 0. The third-order valence-electron chi connectivity index (χ3n) is 6.18.